The number of benzene rings is 2. The number of amides is 1. The van der Waals surface area contributed by atoms with Crippen LogP contribution in [0.1, 0.15) is 49.2 Å². The summed E-state index contributed by atoms with van der Waals surface area (Å²) in [5.74, 6) is -0.317. The van der Waals surface area contributed by atoms with E-state index in [9.17, 15) is 23.3 Å². The molecule has 2 rings (SSSR count). The molecule has 0 radical (unpaired) electrons. The number of nitrogens with zero attached hydrogens (tertiary/aromatic N) is 2. The number of carbonyl (C=O) groups is 1. The second-order valence-corrected chi connectivity index (χ2v) is 8.61. The molecule has 0 saturated heterocycles. The van der Waals surface area contributed by atoms with Crippen molar-refractivity contribution >= 4 is 21.6 Å². The van der Waals surface area contributed by atoms with Crippen molar-refractivity contribution in [1.82, 2.24) is 9.62 Å². The average Bonchev–Trinajstić information content (AvgIpc) is 2.71. The molecule has 0 aromatic heterocycles. The van der Waals surface area contributed by atoms with Crippen LogP contribution in [0, 0.1) is 10.1 Å². The first kappa shape index (κ1) is 22.5. The molecule has 0 spiro atoms. The summed E-state index contributed by atoms with van der Waals surface area (Å²) in [5.41, 5.74) is 0.915. The largest absolute Gasteiger partial charge is 0.335 e. The monoisotopic (exact) mass is 419 g/mol. The van der Waals surface area contributed by atoms with Crippen LogP contribution in [0.15, 0.2) is 53.4 Å². The van der Waals surface area contributed by atoms with Gasteiger partial charge in [-0.15, -0.1) is 0 Å². The Hall–Kier alpha value is -2.78. The topological polar surface area (TPSA) is 110 Å². The molecule has 0 fully saturated rings. The zero-order valence-electron chi connectivity index (χ0n) is 16.8. The maximum atomic E-state index is 12.8. The summed E-state index contributed by atoms with van der Waals surface area (Å²) < 4.78 is 27.2. The molecular formula is C20H25N3O5S. The fraction of sp³-hybridized carbons (Fsp3) is 0.350. The maximum absolute atomic E-state index is 12.8. The summed E-state index contributed by atoms with van der Waals surface area (Å²) in [6, 6.07) is 11.2. The summed E-state index contributed by atoms with van der Waals surface area (Å²) in [4.78, 5) is 24.8. The van der Waals surface area contributed by atoms with Gasteiger partial charge in [-0.3, -0.25) is 14.9 Å². The first-order chi connectivity index (χ1) is 13.6. The van der Waals surface area contributed by atoms with Gasteiger partial charge in [0.05, 0.1) is 15.9 Å². The van der Waals surface area contributed by atoms with E-state index in [1.165, 1.54) is 41.3 Å². The predicted molar refractivity (Wildman–Crippen MR) is 110 cm³/mol. The van der Waals surface area contributed by atoms with E-state index < -0.39 is 21.0 Å². The van der Waals surface area contributed by atoms with Crippen molar-refractivity contribution in [3.05, 3.63) is 69.8 Å². The average molecular weight is 420 g/mol. The standard InChI is InChI=1S/C20H25N3O5S/c1-5-14(2)21-29(27,28)19-11-9-16(10-12-19)20(24)22(4)15(3)17-7-6-8-18(13-17)23(25)26/h6-15,21H,5H2,1-4H3/t14-,15+/m0/s1. The van der Waals surface area contributed by atoms with Gasteiger partial charge in [-0.1, -0.05) is 19.1 Å². The van der Waals surface area contributed by atoms with Crippen molar-refractivity contribution in [1.29, 1.82) is 0 Å². The highest BCUT2D eigenvalue weighted by Gasteiger charge is 2.22. The van der Waals surface area contributed by atoms with E-state index in [-0.39, 0.29) is 22.5 Å². The summed E-state index contributed by atoms with van der Waals surface area (Å²) in [6.07, 6.45) is 0.663. The number of nitro groups is 1. The molecule has 9 heteroatoms. The second kappa shape index (κ2) is 9.15. The lowest BCUT2D eigenvalue weighted by Crippen LogP contribution is -2.32. The van der Waals surface area contributed by atoms with Crippen molar-refractivity contribution in [2.75, 3.05) is 7.05 Å². The Kier molecular flexibility index (Phi) is 7.10. The number of nitrogens with one attached hydrogen (secondary N) is 1. The lowest BCUT2D eigenvalue weighted by molar-refractivity contribution is -0.384. The molecular weight excluding hydrogens is 394 g/mol. The molecule has 0 saturated carbocycles. The van der Waals surface area contributed by atoms with Crippen molar-refractivity contribution < 1.29 is 18.1 Å². The lowest BCUT2D eigenvalue weighted by Gasteiger charge is -2.25. The van der Waals surface area contributed by atoms with Gasteiger partial charge in [0.25, 0.3) is 11.6 Å². The van der Waals surface area contributed by atoms with Crippen molar-refractivity contribution in [3.63, 3.8) is 0 Å². The zero-order valence-corrected chi connectivity index (χ0v) is 17.6. The SMILES string of the molecule is CC[C@H](C)NS(=O)(=O)c1ccc(C(=O)N(C)[C@H](C)c2cccc([N+](=O)[O-])c2)cc1. The third kappa shape index (κ3) is 5.39. The number of non-ortho nitro benzene ring substituents is 1. The van der Waals surface area contributed by atoms with E-state index in [1.54, 1.807) is 33.0 Å². The van der Waals surface area contributed by atoms with Crippen LogP contribution in [0.3, 0.4) is 0 Å². The van der Waals surface area contributed by atoms with Gasteiger partial charge in [0.15, 0.2) is 0 Å². The molecule has 8 nitrogen and oxygen atoms in total. The molecule has 2 atom stereocenters. The normalized spacial score (nSPS) is 13.5. The summed E-state index contributed by atoms with van der Waals surface area (Å²) in [6.45, 7) is 5.43. The fourth-order valence-corrected chi connectivity index (χ4v) is 4.02. The van der Waals surface area contributed by atoms with Crippen LogP contribution in [0.4, 0.5) is 5.69 Å². The van der Waals surface area contributed by atoms with Crippen LogP contribution in [-0.2, 0) is 10.0 Å². The van der Waals surface area contributed by atoms with Crippen LogP contribution in [0.5, 0.6) is 0 Å². The Morgan fingerprint density at radius 1 is 1.17 bits per heavy atom. The van der Waals surface area contributed by atoms with E-state index in [0.717, 1.165) is 0 Å². The first-order valence-corrected chi connectivity index (χ1v) is 10.7. The highest BCUT2D eigenvalue weighted by molar-refractivity contribution is 7.89. The highest BCUT2D eigenvalue weighted by Crippen LogP contribution is 2.24. The molecule has 0 unspecified atom stereocenters. The van der Waals surface area contributed by atoms with Crippen LogP contribution in [0.25, 0.3) is 0 Å². The Morgan fingerprint density at radius 3 is 2.34 bits per heavy atom. The number of carbonyl (C=O) groups excluding carboxylic acids is 1. The second-order valence-electron chi connectivity index (χ2n) is 6.90. The van der Waals surface area contributed by atoms with E-state index in [2.05, 4.69) is 4.72 Å². The van der Waals surface area contributed by atoms with Gasteiger partial charge in [0.2, 0.25) is 10.0 Å². The molecule has 0 aliphatic heterocycles. The Labute approximate surface area is 170 Å². The zero-order chi connectivity index (χ0) is 21.8. The number of sulfonamides is 1. The first-order valence-electron chi connectivity index (χ1n) is 9.20. The lowest BCUT2D eigenvalue weighted by atomic mass is 10.1. The number of nitro benzene ring substituents is 1. The predicted octanol–water partition coefficient (Wildman–Crippen LogP) is 3.50. The highest BCUT2D eigenvalue weighted by atomic mass is 32.2. The molecule has 156 valence electrons. The van der Waals surface area contributed by atoms with E-state index in [0.29, 0.717) is 17.5 Å². The minimum Gasteiger partial charge on any atom is -0.335 e. The molecule has 1 amide bonds. The summed E-state index contributed by atoms with van der Waals surface area (Å²) in [5, 5.41) is 11.0. The molecule has 1 N–H and O–H groups in total. The van der Waals surface area contributed by atoms with Gasteiger partial charge in [0.1, 0.15) is 0 Å². The third-order valence-corrected chi connectivity index (χ3v) is 6.45. The number of hydrogen-bond acceptors (Lipinski definition) is 5. The molecule has 0 heterocycles. The third-order valence-electron chi connectivity index (χ3n) is 4.85. The van der Waals surface area contributed by atoms with E-state index in [1.807, 2.05) is 6.92 Å². The van der Waals surface area contributed by atoms with Crippen molar-refractivity contribution in [2.24, 2.45) is 0 Å². The number of hydrogen-bond donors (Lipinski definition) is 1. The molecule has 0 aliphatic rings. The molecule has 0 aliphatic carbocycles. The molecule has 2 aromatic rings. The quantitative estimate of drug-likeness (QED) is 0.520. The van der Waals surface area contributed by atoms with Crippen molar-refractivity contribution in [3.8, 4) is 0 Å². The summed E-state index contributed by atoms with van der Waals surface area (Å²) >= 11 is 0. The van der Waals surface area contributed by atoms with Crippen molar-refractivity contribution in [2.45, 2.75) is 44.2 Å². The van der Waals surface area contributed by atoms with Gasteiger partial charge >= 0.3 is 0 Å². The van der Waals surface area contributed by atoms with Gasteiger partial charge in [-0.05, 0) is 50.1 Å². The Morgan fingerprint density at radius 2 is 1.79 bits per heavy atom. The van der Waals surface area contributed by atoms with Crippen LogP contribution in [0.2, 0.25) is 0 Å². The molecule has 29 heavy (non-hydrogen) atoms. The smallest absolute Gasteiger partial charge is 0.269 e. The van der Waals surface area contributed by atoms with Crippen LogP contribution >= 0.6 is 0 Å². The minimum atomic E-state index is -3.65. The van der Waals surface area contributed by atoms with Gasteiger partial charge in [-0.2, -0.15) is 0 Å². The van der Waals surface area contributed by atoms with E-state index in [4.69, 9.17) is 0 Å². The van der Waals surface area contributed by atoms with Gasteiger partial charge in [-0.25, -0.2) is 13.1 Å². The van der Waals surface area contributed by atoms with Gasteiger partial charge < -0.3 is 4.90 Å². The van der Waals surface area contributed by atoms with E-state index >= 15 is 0 Å². The summed E-state index contributed by atoms with van der Waals surface area (Å²) in [7, 11) is -2.05. The Bertz CT molecular complexity index is 989. The van der Waals surface area contributed by atoms with Gasteiger partial charge in [0, 0.05) is 30.8 Å². The Balaban J connectivity index is 2.19. The maximum Gasteiger partial charge on any atom is 0.269 e. The molecule has 0 bridgehead atoms. The molecule has 2 aromatic carbocycles. The van der Waals surface area contributed by atoms with Crippen LogP contribution in [-0.4, -0.2) is 37.2 Å². The number of rotatable bonds is 8. The van der Waals surface area contributed by atoms with Crippen LogP contribution < -0.4 is 4.72 Å². The minimum absolute atomic E-state index is 0.0430. The fourth-order valence-electron chi connectivity index (χ4n) is 2.69.